The largest absolute Gasteiger partial charge is 0.449 e. The quantitative estimate of drug-likeness (QED) is 0.831. The highest BCUT2D eigenvalue weighted by Gasteiger charge is 2.09. The molecular weight excluding hydrogens is 312 g/mol. The molecule has 2 rings (SSSR count). The van der Waals surface area contributed by atoms with E-state index in [1.807, 2.05) is 38.1 Å². The maximum Gasteiger partial charge on any atom is 0.407 e. The van der Waals surface area contributed by atoms with Gasteiger partial charge in [0.1, 0.15) is 0 Å². The van der Waals surface area contributed by atoms with Crippen LogP contribution in [0.5, 0.6) is 0 Å². The Morgan fingerprint density at radius 3 is 2.12 bits per heavy atom. The first kappa shape index (κ1) is 18.5. The molecule has 130 valence electrons. The molecule has 0 aromatic heterocycles. The van der Waals surface area contributed by atoms with E-state index in [0.717, 1.165) is 16.7 Å². The average Bonchev–Trinajstić information content (AvgIpc) is 2.64. The number of hydrogen-bond donors (Lipinski definition) is 1. The van der Waals surface area contributed by atoms with Gasteiger partial charge in [0.25, 0.3) is 0 Å². The van der Waals surface area contributed by atoms with Crippen LogP contribution < -0.4 is 5.32 Å². The predicted octanol–water partition coefficient (Wildman–Crippen LogP) is 4.71. The molecule has 0 aliphatic heterocycles. The van der Waals surface area contributed by atoms with Crippen molar-refractivity contribution in [2.45, 2.75) is 26.7 Å². The van der Waals surface area contributed by atoms with Gasteiger partial charge in [0.2, 0.25) is 0 Å². The summed E-state index contributed by atoms with van der Waals surface area (Å²) in [4.78, 5) is 11.6. The van der Waals surface area contributed by atoms with E-state index in [9.17, 15) is 4.79 Å². The summed E-state index contributed by atoms with van der Waals surface area (Å²) >= 11 is 0. The van der Waals surface area contributed by atoms with Gasteiger partial charge < -0.3 is 10.1 Å². The van der Waals surface area contributed by atoms with Crippen LogP contribution in [0, 0.1) is 17.2 Å². The van der Waals surface area contributed by atoms with Gasteiger partial charge >= 0.3 is 6.09 Å². The monoisotopic (exact) mass is 336 g/mol. The lowest BCUT2D eigenvalue weighted by atomic mass is 9.97. The number of nitriles is 1. The normalized spacial score (nSPS) is 11.6. The Balaban J connectivity index is 1.92. The van der Waals surface area contributed by atoms with E-state index in [4.69, 9.17) is 10.00 Å². The van der Waals surface area contributed by atoms with Crippen molar-refractivity contribution in [1.82, 2.24) is 5.32 Å². The first-order chi connectivity index (χ1) is 12.0. The Morgan fingerprint density at radius 1 is 1.04 bits per heavy atom. The Labute approximate surface area is 149 Å². The minimum absolute atomic E-state index is 0.196. The summed E-state index contributed by atoms with van der Waals surface area (Å²) in [7, 11) is 0. The highest BCUT2D eigenvalue weighted by molar-refractivity contribution is 5.67. The molecule has 0 fully saturated rings. The molecule has 2 aromatic rings. The SMILES string of the molecule is CC(C)COC(=O)NCC(C)c1ccc(-c2ccc(C#N)cc2)cc1. The summed E-state index contributed by atoms with van der Waals surface area (Å²) in [5, 5.41) is 11.7. The fourth-order valence-corrected chi connectivity index (χ4v) is 2.39. The fourth-order valence-electron chi connectivity index (χ4n) is 2.39. The molecule has 0 saturated heterocycles. The van der Waals surface area contributed by atoms with E-state index in [0.29, 0.717) is 24.6 Å². The Kier molecular flexibility index (Phi) is 6.59. The zero-order valence-electron chi connectivity index (χ0n) is 15.0. The maximum absolute atomic E-state index is 11.6. The number of rotatable bonds is 6. The number of nitrogens with zero attached hydrogens (tertiary/aromatic N) is 1. The lowest BCUT2D eigenvalue weighted by Crippen LogP contribution is -2.29. The molecule has 4 heteroatoms. The number of amides is 1. The third-order valence-electron chi connectivity index (χ3n) is 3.93. The minimum atomic E-state index is -0.366. The number of carbonyl (C=O) groups is 1. The van der Waals surface area contributed by atoms with Crippen LogP contribution in [0.4, 0.5) is 4.79 Å². The van der Waals surface area contributed by atoms with E-state index in [1.165, 1.54) is 0 Å². The van der Waals surface area contributed by atoms with Crippen molar-refractivity contribution in [3.63, 3.8) is 0 Å². The van der Waals surface area contributed by atoms with E-state index in [-0.39, 0.29) is 12.0 Å². The first-order valence-electron chi connectivity index (χ1n) is 8.50. The molecule has 25 heavy (non-hydrogen) atoms. The molecule has 0 bridgehead atoms. The van der Waals surface area contributed by atoms with Crippen LogP contribution in [-0.2, 0) is 4.74 Å². The van der Waals surface area contributed by atoms with Crippen LogP contribution in [-0.4, -0.2) is 19.2 Å². The molecule has 0 spiro atoms. The first-order valence-corrected chi connectivity index (χ1v) is 8.50. The smallest absolute Gasteiger partial charge is 0.407 e. The van der Waals surface area contributed by atoms with E-state index in [1.54, 1.807) is 0 Å². The molecular formula is C21H24N2O2. The van der Waals surface area contributed by atoms with Gasteiger partial charge in [0.05, 0.1) is 18.2 Å². The molecule has 0 saturated carbocycles. The molecule has 1 atom stereocenters. The second-order valence-electron chi connectivity index (χ2n) is 6.59. The Morgan fingerprint density at radius 2 is 1.60 bits per heavy atom. The third kappa shape index (κ3) is 5.65. The fraction of sp³-hybridized carbons (Fsp3) is 0.333. The van der Waals surface area contributed by atoms with Crippen LogP contribution in [0.2, 0.25) is 0 Å². The lowest BCUT2D eigenvalue weighted by molar-refractivity contribution is 0.132. The molecule has 0 aliphatic carbocycles. The van der Waals surface area contributed by atoms with Gasteiger partial charge in [-0.2, -0.15) is 5.26 Å². The second-order valence-corrected chi connectivity index (χ2v) is 6.59. The molecule has 0 heterocycles. The van der Waals surface area contributed by atoms with Crippen molar-refractivity contribution in [1.29, 1.82) is 5.26 Å². The van der Waals surface area contributed by atoms with Crippen LogP contribution in [0.1, 0.15) is 37.8 Å². The van der Waals surface area contributed by atoms with Gasteiger partial charge in [-0.15, -0.1) is 0 Å². The van der Waals surface area contributed by atoms with Crippen molar-refractivity contribution in [2.75, 3.05) is 13.2 Å². The van der Waals surface area contributed by atoms with Crippen molar-refractivity contribution < 1.29 is 9.53 Å². The number of alkyl carbamates (subject to hydrolysis) is 1. The highest BCUT2D eigenvalue weighted by atomic mass is 16.5. The van der Waals surface area contributed by atoms with E-state index in [2.05, 4.69) is 42.6 Å². The number of nitrogens with one attached hydrogen (secondary N) is 1. The van der Waals surface area contributed by atoms with E-state index >= 15 is 0 Å². The number of benzene rings is 2. The standard InChI is InChI=1S/C21H24N2O2/c1-15(2)14-25-21(24)23-13-16(3)18-8-10-20(11-9-18)19-6-4-17(12-22)5-7-19/h4-11,15-16H,13-14H2,1-3H3,(H,23,24). The minimum Gasteiger partial charge on any atom is -0.449 e. The molecule has 4 nitrogen and oxygen atoms in total. The molecule has 0 aliphatic rings. The Hall–Kier alpha value is -2.80. The van der Waals surface area contributed by atoms with E-state index < -0.39 is 0 Å². The van der Waals surface area contributed by atoms with Gasteiger partial charge in [-0.05, 0) is 40.7 Å². The Bertz CT molecular complexity index is 728. The summed E-state index contributed by atoms with van der Waals surface area (Å²) in [6.07, 6.45) is -0.366. The molecule has 2 aromatic carbocycles. The summed E-state index contributed by atoms with van der Waals surface area (Å²) in [6.45, 7) is 7.04. The lowest BCUT2D eigenvalue weighted by Gasteiger charge is -2.14. The zero-order chi connectivity index (χ0) is 18.2. The summed E-state index contributed by atoms with van der Waals surface area (Å²) in [5.74, 6) is 0.527. The zero-order valence-corrected chi connectivity index (χ0v) is 15.0. The van der Waals surface area contributed by atoms with Crippen molar-refractivity contribution >= 4 is 6.09 Å². The maximum atomic E-state index is 11.6. The predicted molar refractivity (Wildman–Crippen MR) is 99.2 cm³/mol. The molecule has 1 amide bonds. The van der Waals surface area contributed by atoms with Gasteiger partial charge in [0, 0.05) is 6.54 Å². The van der Waals surface area contributed by atoms with Crippen molar-refractivity contribution in [3.8, 4) is 17.2 Å². The van der Waals surface area contributed by atoms with Crippen molar-refractivity contribution in [3.05, 3.63) is 59.7 Å². The second kappa shape index (κ2) is 8.89. The van der Waals surface area contributed by atoms with Crippen LogP contribution in [0.15, 0.2) is 48.5 Å². The molecule has 1 N–H and O–H groups in total. The van der Waals surface area contributed by atoms with Crippen molar-refractivity contribution in [2.24, 2.45) is 5.92 Å². The van der Waals surface area contributed by atoms with Crippen LogP contribution >= 0.6 is 0 Å². The average molecular weight is 336 g/mol. The third-order valence-corrected chi connectivity index (χ3v) is 3.93. The summed E-state index contributed by atoms with van der Waals surface area (Å²) in [5.41, 5.74) is 3.99. The number of ether oxygens (including phenoxy) is 1. The molecule has 0 radical (unpaired) electrons. The van der Waals surface area contributed by atoms with Gasteiger partial charge in [-0.25, -0.2) is 4.79 Å². The number of carbonyl (C=O) groups excluding carboxylic acids is 1. The summed E-state index contributed by atoms with van der Waals surface area (Å²) in [6, 6.07) is 17.9. The van der Waals surface area contributed by atoms with Gasteiger partial charge in [-0.1, -0.05) is 57.2 Å². The molecule has 1 unspecified atom stereocenters. The topological polar surface area (TPSA) is 62.1 Å². The summed E-state index contributed by atoms with van der Waals surface area (Å²) < 4.78 is 5.11. The van der Waals surface area contributed by atoms with Crippen LogP contribution in [0.25, 0.3) is 11.1 Å². The highest BCUT2D eigenvalue weighted by Crippen LogP contribution is 2.23. The van der Waals surface area contributed by atoms with Gasteiger partial charge in [0.15, 0.2) is 0 Å². The van der Waals surface area contributed by atoms with Gasteiger partial charge in [-0.3, -0.25) is 0 Å². The number of hydrogen-bond acceptors (Lipinski definition) is 3. The van der Waals surface area contributed by atoms with Crippen LogP contribution in [0.3, 0.4) is 0 Å².